The second-order valence-corrected chi connectivity index (χ2v) is 5.38. The molecular formula is C18H18ClNO5. The summed E-state index contributed by atoms with van der Waals surface area (Å²) in [7, 11) is 3.00. The molecule has 2 rings (SSSR count). The number of carbonyl (C=O) groups excluding carboxylic acids is 2. The molecule has 2 aromatic carbocycles. The molecule has 2 aromatic rings. The van der Waals surface area contributed by atoms with Crippen LogP contribution in [-0.2, 0) is 4.74 Å². The molecule has 1 N–H and O–H groups in total. The zero-order valence-electron chi connectivity index (χ0n) is 14.1. The van der Waals surface area contributed by atoms with Crippen molar-refractivity contribution in [1.29, 1.82) is 0 Å². The normalized spacial score (nSPS) is 10.1. The van der Waals surface area contributed by atoms with E-state index in [0.717, 1.165) is 0 Å². The van der Waals surface area contributed by atoms with Crippen LogP contribution in [0.25, 0.3) is 0 Å². The maximum absolute atomic E-state index is 12.5. The summed E-state index contributed by atoms with van der Waals surface area (Å²) in [4.78, 5) is 24.4. The Balaban J connectivity index is 2.26. The van der Waals surface area contributed by atoms with E-state index >= 15 is 0 Å². The van der Waals surface area contributed by atoms with Crippen molar-refractivity contribution >= 4 is 29.2 Å². The quantitative estimate of drug-likeness (QED) is 0.790. The van der Waals surface area contributed by atoms with Crippen LogP contribution in [0.2, 0.25) is 5.02 Å². The lowest BCUT2D eigenvalue weighted by Crippen LogP contribution is -2.13. The van der Waals surface area contributed by atoms with Crippen LogP contribution >= 0.6 is 11.6 Å². The highest BCUT2D eigenvalue weighted by Gasteiger charge is 2.15. The van der Waals surface area contributed by atoms with E-state index in [-0.39, 0.29) is 23.1 Å². The van der Waals surface area contributed by atoms with Crippen LogP contribution in [0, 0.1) is 0 Å². The van der Waals surface area contributed by atoms with Gasteiger partial charge in [-0.2, -0.15) is 0 Å². The molecular weight excluding hydrogens is 346 g/mol. The molecule has 0 heterocycles. The van der Waals surface area contributed by atoms with Crippen molar-refractivity contribution in [3.63, 3.8) is 0 Å². The first kappa shape index (κ1) is 18.6. The fourth-order valence-electron chi connectivity index (χ4n) is 2.11. The Morgan fingerprint density at radius 2 is 1.68 bits per heavy atom. The van der Waals surface area contributed by atoms with Gasteiger partial charge in [-0.05, 0) is 37.3 Å². The summed E-state index contributed by atoms with van der Waals surface area (Å²) in [6.07, 6.45) is 0. The fraction of sp³-hybridized carbons (Fsp3) is 0.222. The summed E-state index contributed by atoms with van der Waals surface area (Å²) in [5.74, 6) is 0.0571. The fourth-order valence-corrected chi connectivity index (χ4v) is 2.30. The number of methoxy groups -OCH3 is 2. The summed E-state index contributed by atoms with van der Waals surface area (Å²) in [5.41, 5.74) is 0.951. The van der Waals surface area contributed by atoms with Gasteiger partial charge in [0, 0.05) is 17.3 Å². The molecule has 0 saturated carbocycles. The molecule has 0 aliphatic heterocycles. The van der Waals surface area contributed by atoms with Crippen molar-refractivity contribution in [3.8, 4) is 11.5 Å². The molecule has 0 saturated heterocycles. The number of rotatable bonds is 6. The van der Waals surface area contributed by atoms with E-state index in [1.807, 2.05) is 0 Å². The maximum Gasteiger partial charge on any atom is 0.339 e. The minimum atomic E-state index is -0.549. The number of amides is 1. The monoisotopic (exact) mass is 363 g/mol. The van der Waals surface area contributed by atoms with Gasteiger partial charge in [0.15, 0.2) is 0 Å². The highest BCUT2D eigenvalue weighted by atomic mass is 35.5. The van der Waals surface area contributed by atoms with E-state index in [2.05, 4.69) is 5.32 Å². The number of hydrogen-bond acceptors (Lipinski definition) is 5. The molecule has 25 heavy (non-hydrogen) atoms. The molecule has 1 amide bonds. The Kier molecular flexibility index (Phi) is 6.25. The minimum Gasteiger partial charge on any atom is -0.497 e. The first-order valence-electron chi connectivity index (χ1n) is 7.49. The van der Waals surface area contributed by atoms with Crippen LogP contribution < -0.4 is 14.8 Å². The zero-order valence-corrected chi connectivity index (χ0v) is 14.8. The Hall–Kier alpha value is -2.73. The number of carbonyl (C=O) groups is 2. The molecule has 6 nitrogen and oxygen atoms in total. The summed E-state index contributed by atoms with van der Waals surface area (Å²) < 4.78 is 15.2. The third-order valence-corrected chi connectivity index (χ3v) is 3.66. The van der Waals surface area contributed by atoms with Crippen molar-refractivity contribution in [2.45, 2.75) is 6.92 Å². The van der Waals surface area contributed by atoms with Gasteiger partial charge in [-0.3, -0.25) is 4.79 Å². The smallest absolute Gasteiger partial charge is 0.339 e. The topological polar surface area (TPSA) is 73.9 Å². The zero-order chi connectivity index (χ0) is 18.4. The second-order valence-electron chi connectivity index (χ2n) is 4.97. The third kappa shape index (κ3) is 4.64. The first-order valence-corrected chi connectivity index (χ1v) is 7.87. The lowest BCUT2D eigenvalue weighted by atomic mass is 10.1. The molecule has 0 aromatic heterocycles. The molecule has 0 unspecified atom stereocenters. The van der Waals surface area contributed by atoms with Gasteiger partial charge in [0.2, 0.25) is 0 Å². The van der Waals surface area contributed by atoms with E-state index < -0.39 is 5.97 Å². The maximum atomic E-state index is 12.5. The third-order valence-electron chi connectivity index (χ3n) is 3.33. The van der Waals surface area contributed by atoms with Gasteiger partial charge in [-0.15, -0.1) is 0 Å². The Labute approximate surface area is 150 Å². The van der Waals surface area contributed by atoms with Crippen LogP contribution in [0.1, 0.15) is 27.6 Å². The van der Waals surface area contributed by atoms with Crippen molar-refractivity contribution < 1.29 is 23.8 Å². The minimum absolute atomic E-state index is 0.185. The predicted molar refractivity (Wildman–Crippen MR) is 94.9 cm³/mol. The van der Waals surface area contributed by atoms with E-state index in [9.17, 15) is 9.59 Å². The van der Waals surface area contributed by atoms with Crippen molar-refractivity contribution in [2.24, 2.45) is 0 Å². The van der Waals surface area contributed by atoms with Crippen molar-refractivity contribution in [2.75, 3.05) is 26.1 Å². The van der Waals surface area contributed by atoms with Gasteiger partial charge in [0.1, 0.15) is 11.5 Å². The SMILES string of the molecule is CCOC(=O)c1cc(NC(=O)c2cc(OC)cc(OC)c2)ccc1Cl. The first-order chi connectivity index (χ1) is 12.0. The number of anilines is 1. The van der Waals surface area contributed by atoms with E-state index in [4.69, 9.17) is 25.8 Å². The van der Waals surface area contributed by atoms with Crippen LogP contribution in [-0.4, -0.2) is 32.7 Å². The number of nitrogens with one attached hydrogen (secondary N) is 1. The van der Waals surface area contributed by atoms with Gasteiger partial charge in [-0.25, -0.2) is 4.79 Å². The van der Waals surface area contributed by atoms with E-state index in [1.165, 1.54) is 26.4 Å². The number of halogens is 1. The molecule has 0 radical (unpaired) electrons. The summed E-state index contributed by atoms with van der Waals surface area (Å²) in [6, 6.07) is 9.42. The lowest BCUT2D eigenvalue weighted by molar-refractivity contribution is 0.0526. The number of ether oxygens (including phenoxy) is 3. The van der Waals surface area contributed by atoms with Gasteiger partial charge >= 0.3 is 5.97 Å². The van der Waals surface area contributed by atoms with Crippen LogP contribution in [0.4, 0.5) is 5.69 Å². The standard InChI is InChI=1S/C18H18ClNO5/c1-4-25-18(22)15-9-12(5-6-16(15)19)20-17(21)11-7-13(23-2)10-14(8-11)24-3/h5-10H,4H2,1-3H3,(H,20,21). The lowest BCUT2D eigenvalue weighted by Gasteiger charge is -2.11. The Morgan fingerprint density at radius 1 is 1.04 bits per heavy atom. The number of hydrogen-bond donors (Lipinski definition) is 1. The molecule has 7 heteroatoms. The molecule has 132 valence electrons. The average molecular weight is 364 g/mol. The largest absolute Gasteiger partial charge is 0.497 e. The molecule has 0 fully saturated rings. The predicted octanol–water partition coefficient (Wildman–Crippen LogP) is 3.79. The molecule has 0 aliphatic rings. The van der Waals surface area contributed by atoms with E-state index in [1.54, 1.807) is 31.2 Å². The van der Waals surface area contributed by atoms with Gasteiger partial charge < -0.3 is 19.5 Å². The van der Waals surface area contributed by atoms with Gasteiger partial charge in [0.05, 0.1) is 31.4 Å². The van der Waals surface area contributed by atoms with Crippen LogP contribution in [0.5, 0.6) is 11.5 Å². The number of benzene rings is 2. The second kappa shape index (κ2) is 8.39. The summed E-state index contributed by atoms with van der Waals surface area (Å²) >= 11 is 6.01. The Bertz CT molecular complexity index is 769. The highest BCUT2D eigenvalue weighted by molar-refractivity contribution is 6.33. The molecule has 0 aliphatic carbocycles. The molecule has 0 atom stereocenters. The summed E-state index contributed by atoms with van der Waals surface area (Å²) in [6.45, 7) is 1.93. The Morgan fingerprint density at radius 3 is 2.24 bits per heavy atom. The van der Waals surface area contributed by atoms with E-state index in [0.29, 0.717) is 22.7 Å². The van der Waals surface area contributed by atoms with Gasteiger partial charge in [0.25, 0.3) is 5.91 Å². The van der Waals surface area contributed by atoms with Crippen LogP contribution in [0.3, 0.4) is 0 Å². The van der Waals surface area contributed by atoms with Gasteiger partial charge in [-0.1, -0.05) is 11.6 Å². The summed E-state index contributed by atoms with van der Waals surface area (Å²) in [5, 5.41) is 2.96. The van der Waals surface area contributed by atoms with Crippen molar-refractivity contribution in [1.82, 2.24) is 0 Å². The van der Waals surface area contributed by atoms with Crippen molar-refractivity contribution in [3.05, 3.63) is 52.5 Å². The average Bonchev–Trinajstić information content (AvgIpc) is 2.62. The molecule has 0 spiro atoms. The van der Waals surface area contributed by atoms with Crippen LogP contribution in [0.15, 0.2) is 36.4 Å². The highest BCUT2D eigenvalue weighted by Crippen LogP contribution is 2.25. The molecule has 0 bridgehead atoms. The number of esters is 1.